The van der Waals surface area contributed by atoms with Crippen molar-refractivity contribution in [3.8, 4) is 0 Å². The highest BCUT2D eigenvalue weighted by Gasteiger charge is 2.30. The van der Waals surface area contributed by atoms with Gasteiger partial charge in [0.05, 0.1) is 0 Å². The third-order valence-corrected chi connectivity index (χ3v) is 7.38. The van der Waals surface area contributed by atoms with Gasteiger partial charge in [-0.25, -0.2) is 0 Å². The standard InChI is InChI=1S/C24H31N5O3S/c1-16-8-10-19(11-9-16)26-21(31)22-27-28-23(33-22)24(32)29-14-12-17(13-15-29)20(30)25-18-6-4-2-3-5-7-18/h8-11,17-18H,2-7,12-15H2,1H3,(H,25,30)(H,26,31). The number of carbonyl (C=O) groups is 3. The largest absolute Gasteiger partial charge is 0.353 e. The summed E-state index contributed by atoms with van der Waals surface area (Å²) in [5, 5.41) is 14.2. The molecule has 176 valence electrons. The Kier molecular flexibility index (Phi) is 7.69. The quantitative estimate of drug-likeness (QED) is 0.649. The van der Waals surface area contributed by atoms with E-state index in [1.54, 1.807) is 4.90 Å². The van der Waals surface area contributed by atoms with Gasteiger partial charge < -0.3 is 15.5 Å². The number of nitrogens with one attached hydrogen (secondary N) is 2. The zero-order valence-corrected chi connectivity index (χ0v) is 19.8. The minimum absolute atomic E-state index is 0.0532. The Balaban J connectivity index is 1.27. The minimum Gasteiger partial charge on any atom is -0.353 e. The zero-order valence-electron chi connectivity index (χ0n) is 19.0. The number of likely N-dealkylation sites (tertiary alicyclic amines) is 1. The first-order valence-corrected chi connectivity index (χ1v) is 12.6. The normalized spacial score (nSPS) is 17.9. The van der Waals surface area contributed by atoms with Gasteiger partial charge in [-0.15, -0.1) is 10.2 Å². The van der Waals surface area contributed by atoms with Crippen molar-refractivity contribution in [2.75, 3.05) is 18.4 Å². The van der Waals surface area contributed by atoms with Gasteiger partial charge in [-0.3, -0.25) is 14.4 Å². The van der Waals surface area contributed by atoms with Crippen LogP contribution < -0.4 is 10.6 Å². The van der Waals surface area contributed by atoms with E-state index in [0.29, 0.717) is 37.7 Å². The number of aryl methyl sites for hydroxylation is 1. The van der Waals surface area contributed by atoms with E-state index in [-0.39, 0.29) is 33.7 Å². The van der Waals surface area contributed by atoms with Crippen LogP contribution in [0.4, 0.5) is 5.69 Å². The number of amides is 3. The van der Waals surface area contributed by atoms with Gasteiger partial charge in [0.2, 0.25) is 15.9 Å². The number of hydrogen-bond acceptors (Lipinski definition) is 6. The van der Waals surface area contributed by atoms with Crippen LogP contribution in [0.1, 0.15) is 76.5 Å². The van der Waals surface area contributed by atoms with Crippen LogP contribution in [-0.4, -0.2) is 52.0 Å². The fourth-order valence-corrected chi connectivity index (χ4v) is 5.15. The molecule has 2 N–H and O–H groups in total. The molecule has 0 radical (unpaired) electrons. The molecule has 2 fully saturated rings. The molecule has 1 aliphatic heterocycles. The molecule has 1 aliphatic carbocycles. The van der Waals surface area contributed by atoms with Crippen molar-refractivity contribution in [1.29, 1.82) is 0 Å². The van der Waals surface area contributed by atoms with Crippen molar-refractivity contribution in [3.05, 3.63) is 39.8 Å². The van der Waals surface area contributed by atoms with Crippen molar-refractivity contribution in [3.63, 3.8) is 0 Å². The number of piperidine rings is 1. The monoisotopic (exact) mass is 469 g/mol. The van der Waals surface area contributed by atoms with Gasteiger partial charge in [-0.2, -0.15) is 0 Å². The van der Waals surface area contributed by atoms with E-state index in [9.17, 15) is 14.4 Å². The van der Waals surface area contributed by atoms with Gasteiger partial charge in [0, 0.05) is 30.7 Å². The van der Waals surface area contributed by atoms with Crippen LogP contribution >= 0.6 is 11.3 Å². The topological polar surface area (TPSA) is 104 Å². The molecule has 4 rings (SSSR count). The molecule has 33 heavy (non-hydrogen) atoms. The van der Waals surface area contributed by atoms with Crippen LogP contribution in [0.5, 0.6) is 0 Å². The molecular formula is C24H31N5O3S. The first-order valence-electron chi connectivity index (χ1n) is 11.8. The highest BCUT2D eigenvalue weighted by molar-refractivity contribution is 7.15. The van der Waals surface area contributed by atoms with Gasteiger partial charge in [-0.1, -0.05) is 54.7 Å². The van der Waals surface area contributed by atoms with E-state index in [0.717, 1.165) is 29.7 Å². The lowest BCUT2D eigenvalue weighted by molar-refractivity contribution is -0.127. The third kappa shape index (κ3) is 6.16. The molecule has 0 unspecified atom stereocenters. The molecule has 0 bridgehead atoms. The van der Waals surface area contributed by atoms with Gasteiger partial charge in [-0.05, 0) is 44.7 Å². The average Bonchev–Trinajstić information content (AvgIpc) is 3.19. The lowest BCUT2D eigenvalue weighted by Gasteiger charge is -2.31. The number of nitrogens with zero attached hydrogens (tertiary/aromatic N) is 3. The van der Waals surface area contributed by atoms with E-state index in [1.165, 1.54) is 25.7 Å². The molecule has 1 saturated carbocycles. The SMILES string of the molecule is Cc1ccc(NC(=O)c2nnc(C(=O)N3CCC(C(=O)NC4CCCCCC4)CC3)s2)cc1. The maximum atomic E-state index is 12.9. The van der Waals surface area contributed by atoms with Crippen LogP contribution in [0.2, 0.25) is 0 Å². The van der Waals surface area contributed by atoms with E-state index in [2.05, 4.69) is 20.8 Å². The number of hydrogen-bond donors (Lipinski definition) is 2. The molecular weight excluding hydrogens is 438 g/mol. The van der Waals surface area contributed by atoms with Crippen LogP contribution in [0.15, 0.2) is 24.3 Å². The van der Waals surface area contributed by atoms with E-state index in [1.807, 2.05) is 31.2 Å². The Morgan fingerprint density at radius 3 is 2.21 bits per heavy atom. The highest BCUT2D eigenvalue weighted by Crippen LogP contribution is 2.23. The molecule has 8 nitrogen and oxygen atoms in total. The number of rotatable bonds is 5. The maximum absolute atomic E-state index is 12.9. The zero-order chi connectivity index (χ0) is 23.2. The number of benzene rings is 1. The molecule has 9 heteroatoms. The fourth-order valence-electron chi connectivity index (χ4n) is 4.45. The summed E-state index contributed by atoms with van der Waals surface area (Å²) in [5.41, 5.74) is 1.76. The summed E-state index contributed by atoms with van der Waals surface area (Å²) < 4.78 is 0. The summed E-state index contributed by atoms with van der Waals surface area (Å²) in [7, 11) is 0. The van der Waals surface area contributed by atoms with Crippen molar-refractivity contribution in [2.24, 2.45) is 5.92 Å². The Morgan fingerprint density at radius 1 is 0.909 bits per heavy atom. The van der Waals surface area contributed by atoms with Gasteiger partial charge in [0.1, 0.15) is 0 Å². The van der Waals surface area contributed by atoms with Gasteiger partial charge in [0.15, 0.2) is 0 Å². The van der Waals surface area contributed by atoms with Crippen molar-refractivity contribution < 1.29 is 14.4 Å². The second kappa shape index (κ2) is 10.9. The summed E-state index contributed by atoms with van der Waals surface area (Å²) in [5.74, 6) is -0.545. The molecule has 1 aromatic carbocycles. The highest BCUT2D eigenvalue weighted by atomic mass is 32.1. The number of carbonyl (C=O) groups excluding carboxylic acids is 3. The summed E-state index contributed by atoms with van der Waals surface area (Å²) in [6.07, 6.45) is 8.31. The Bertz CT molecular complexity index is 974. The summed E-state index contributed by atoms with van der Waals surface area (Å²) in [6, 6.07) is 7.74. The molecule has 2 aromatic rings. The third-order valence-electron chi connectivity index (χ3n) is 6.47. The number of aromatic nitrogens is 2. The molecule has 1 aromatic heterocycles. The second-order valence-corrected chi connectivity index (χ2v) is 9.97. The average molecular weight is 470 g/mol. The number of anilines is 1. The molecule has 0 spiro atoms. The van der Waals surface area contributed by atoms with Crippen molar-refractivity contribution in [2.45, 2.75) is 64.3 Å². The molecule has 1 saturated heterocycles. The first kappa shape index (κ1) is 23.4. The second-order valence-electron chi connectivity index (χ2n) is 9.00. The van der Waals surface area contributed by atoms with E-state index >= 15 is 0 Å². The minimum atomic E-state index is -0.385. The Morgan fingerprint density at radius 2 is 1.55 bits per heavy atom. The van der Waals surface area contributed by atoms with Crippen LogP contribution in [-0.2, 0) is 4.79 Å². The molecule has 2 aliphatic rings. The van der Waals surface area contributed by atoms with Gasteiger partial charge >= 0.3 is 0 Å². The smallest absolute Gasteiger partial charge is 0.286 e. The molecule has 2 heterocycles. The van der Waals surface area contributed by atoms with Crippen LogP contribution in [0.25, 0.3) is 0 Å². The van der Waals surface area contributed by atoms with Crippen molar-refractivity contribution in [1.82, 2.24) is 20.4 Å². The summed E-state index contributed by atoms with van der Waals surface area (Å²) in [4.78, 5) is 39.7. The van der Waals surface area contributed by atoms with E-state index < -0.39 is 0 Å². The fraction of sp³-hybridized carbons (Fsp3) is 0.542. The summed E-state index contributed by atoms with van der Waals surface area (Å²) >= 11 is 0.993. The van der Waals surface area contributed by atoms with Crippen molar-refractivity contribution >= 4 is 34.7 Å². The summed E-state index contributed by atoms with van der Waals surface area (Å²) in [6.45, 7) is 2.99. The van der Waals surface area contributed by atoms with Crippen LogP contribution in [0, 0.1) is 12.8 Å². The maximum Gasteiger partial charge on any atom is 0.286 e. The molecule has 3 amide bonds. The van der Waals surface area contributed by atoms with E-state index in [4.69, 9.17) is 0 Å². The lowest BCUT2D eigenvalue weighted by Crippen LogP contribution is -2.45. The molecule has 0 atom stereocenters. The first-order chi connectivity index (χ1) is 16.0. The Hall–Kier alpha value is -2.81. The van der Waals surface area contributed by atoms with Crippen LogP contribution in [0.3, 0.4) is 0 Å². The lowest BCUT2D eigenvalue weighted by atomic mass is 9.95. The predicted octanol–water partition coefficient (Wildman–Crippen LogP) is 3.79. The van der Waals surface area contributed by atoms with Gasteiger partial charge in [0.25, 0.3) is 11.8 Å². The predicted molar refractivity (Wildman–Crippen MR) is 127 cm³/mol. The Labute approximate surface area is 198 Å².